The van der Waals surface area contributed by atoms with E-state index in [4.69, 9.17) is 10.5 Å². The number of nitrogens with two attached hydrogens (primary N) is 1. The molecule has 2 aromatic rings. The van der Waals surface area contributed by atoms with Crippen LogP contribution in [0.15, 0.2) is 35.1 Å². The summed E-state index contributed by atoms with van der Waals surface area (Å²) < 4.78 is 5.87. The maximum Gasteiger partial charge on any atom is 0.322 e. The Bertz CT molecular complexity index is 675. The Morgan fingerprint density at radius 1 is 1.35 bits per heavy atom. The zero-order valence-electron chi connectivity index (χ0n) is 9.82. The van der Waals surface area contributed by atoms with Crippen molar-refractivity contribution in [3.63, 3.8) is 0 Å². The van der Waals surface area contributed by atoms with Crippen molar-refractivity contribution in [2.24, 2.45) is 5.73 Å². The summed E-state index contributed by atoms with van der Waals surface area (Å²) in [5, 5.41) is 11.0. The molecule has 0 spiro atoms. The molecule has 20 heavy (non-hydrogen) atoms. The molecule has 1 heterocycles. The number of nitro groups is 1. The van der Waals surface area contributed by atoms with Gasteiger partial charge in [-0.1, -0.05) is 0 Å². The SMILES string of the molecule is NC(=O)c1ccc(Oc2ncc(Br)cn2)c([N+](=O)[O-])c1. The number of carbonyl (C=O) groups is 1. The first-order valence-electron chi connectivity index (χ1n) is 5.21. The first kappa shape index (κ1) is 13.9. The zero-order valence-corrected chi connectivity index (χ0v) is 11.4. The number of rotatable bonds is 4. The highest BCUT2D eigenvalue weighted by Gasteiger charge is 2.19. The molecule has 0 fully saturated rings. The van der Waals surface area contributed by atoms with Gasteiger partial charge in [-0.05, 0) is 28.1 Å². The highest BCUT2D eigenvalue weighted by atomic mass is 79.9. The lowest BCUT2D eigenvalue weighted by atomic mass is 10.2. The average Bonchev–Trinajstić information content (AvgIpc) is 2.41. The maximum atomic E-state index is 11.0. The first-order chi connectivity index (χ1) is 9.47. The fourth-order valence-electron chi connectivity index (χ4n) is 1.35. The highest BCUT2D eigenvalue weighted by Crippen LogP contribution is 2.30. The average molecular weight is 339 g/mol. The van der Waals surface area contributed by atoms with E-state index in [0.717, 1.165) is 6.07 Å². The third kappa shape index (κ3) is 3.06. The molecule has 0 unspecified atom stereocenters. The predicted octanol–water partition coefficient (Wildman–Crippen LogP) is 2.04. The largest absolute Gasteiger partial charge is 0.417 e. The normalized spacial score (nSPS) is 10.1. The molecule has 0 atom stereocenters. The molecule has 8 nitrogen and oxygen atoms in total. The number of hydrogen-bond acceptors (Lipinski definition) is 6. The first-order valence-corrected chi connectivity index (χ1v) is 6.00. The molecule has 1 aromatic heterocycles. The molecule has 0 aliphatic heterocycles. The van der Waals surface area contributed by atoms with Gasteiger partial charge < -0.3 is 10.5 Å². The molecule has 102 valence electrons. The number of halogens is 1. The van der Waals surface area contributed by atoms with Gasteiger partial charge in [-0.25, -0.2) is 9.97 Å². The highest BCUT2D eigenvalue weighted by molar-refractivity contribution is 9.10. The minimum absolute atomic E-state index is 0.0146. The van der Waals surface area contributed by atoms with Gasteiger partial charge in [-0.2, -0.15) is 0 Å². The molecule has 1 aromatic carbocycles. The molecule has 0 radical (unpaired) electrons. The van der Waals surface area contributed by atoms with Crippen molar-refractivity contribution in [2.75, 3.05) is 0 Å². The van der Waals surface area contributed by atoms with E-state index in [1.165, 1.54) is 24.5 Å². The second-order valence-corrected chi connectivity index (χ2v) is 4.51. The topological polar surface area (TPSA) is 121 Å². The number of hydrogen-bond donors (Lipinski definition) is 1. The third-order valence-corrected chi connectivity index (χ3v) is 2.65. The lowest BCUT2D eigenvalue weighted by Crippen LogP contribution is -2.11. The van der Waals surface area contributed by atoms with Crippen molar-refractivity contribution in [2.45, 2.75) is 0 Å². The van der Waals surface area contributed by atoms with Crippen LogP contribution in [0.3, 0.4) is 0 Å². The van der Waals surface area contributed by atoms with Crippen molar-refractivity contribution >= 4 is 27.5 Å². The van der Waals surface area contributed by atoms with E-state index in [0.29, 0.717) is 4.47 Å². The van der Waals surface area contributed by atoms with Gasteiger partial charge >= 0.3 is 11.7 Å². The maximum absolute atomic E-state index is 11.0. The van der Waals surface area contributed by atoms with Crippen LogP contribution in [0, 0.1) is 10.1 Å². The number of benzene rings is 1. The van der Waals surface area contributed by atoms with Crippen LogP contribution in [0.4, 0.5) is 5.69 Å². The minimum Gasteiger partial charge on any atom is -0.417 e. The monoisotopic (exact) mass is 338 g/mol. The Labute approximate surface area is 120 Å². The number of ether oxygens (including phenoxy) is 1. The summed E-state index contributed by atoms with van der Waals surface area (Å²) >= 11 is 3.15. The van der Waals surface area contributed by atoms with E-state index >= 15 is 0 Å². The van der Waals surface area contributed by atoms with Gasteiger partial charge in [0.15, 0.2) is 0 Å². The summed E-state index contributed by atoms with van der Waals surface area (Å²) in [6, 6.07) is 3.58. The van der Waals surface area contributed by atoms with Crippen molar-refractivity contribution in [1.29, 1.82) is 0 Å². The van der Waals surface area contributed by atoms with Gasteiger partial charge in [0.25, 0.3) is 0 Å². The lowest BCUT2D eigenvalue weighted by molar-refractivity contribution is -0.385. The van der Waals surface area contributed by atoms with Crippen molar-refractivity contribution < 1.29 is 14.5 Å². The second-order valence-electron chi connectivity index (χ2n) is 3.59. The summed E-state index contributed by atoms with van der Waals surface area (Å²) in [6.45, 7) is 0. The summed E-state index contributed by atoms with van der Waals surface area (Å²) in [5.74, 6) is -0.845. The number of amides is 1. The molecular weight excluding hydrogens is 332 g/mol. The molecule has 9 heteroatoms. The Hall–Kier alpha value is -2.55. The number of nitrogens with zero attached hydrogens (tertiary/aromatic N) is 3. The van der Waals surface area contributed by atoms with E-state index < -0.39 is 16.5 Å². The quantitative estimate of drug-likeness (QED) is 0.672. The van der Waals surface area contributed by atoms with Crippen LogP contribution in [0.5, 0.6) is 11.8 Å². The molecule has 0 aliphatic rings. The number of carbonyl (C=O) groups excluding carboxylic acids is 1. The fourth-order valence-corrected chi connectivity index (χ4v) is 1.56. The van der Waals surface area contributed by atoms with Crippen LogP contribution in [-0.2, 0) is 0 Å². The van der Waals surface area contributed by atoms with Crippen LogP contribution < -0.4 is 10.5 Å². The van der Waals surface area contributed by atoms with Gasteiger partial charge in [0.2, 0.25) is 11.7 Å². The Kier molecular flexibility index (Phi) is 3.89. The Balaban J connectivity index is 2.38. The summed E-state index contributed by atoms with van der Waals surface area (Å²) in [4.78, 5) is 29.0. The molecule has 2 N–H and O–H groups in total. The van der Waals surface area contributed by atoms with E-state index in [1.807, 2.05) is 0 Å². The van der Waals surface area contributed by atoms with Crippen LogP contribution in [0.1, 0.15) is 10.4 Å². The van der Waals surface area contributed by atoms with Crippen molar-refractivity contribution in [3.8, 4) is 11.8 Å². The molecule has 2 rings (SSSR count). The van der Waals surface area contributed by atoms with Gasteiger partial charge in [0.05, 0.1) is 9.40 Å². The number of nitro benzene ring substituents is 1. The van der Waals surface area contributed by atoms with Crippen molar-refractivity contribution in [1.82, 2.24) is 9.97 Å². The second kappa shape index (κ2) is 5.61. The summed E-state index contributed by atoms with van der Waals surface area (Å²) in [6.07, 6.45) is 2.87. The Morgan fingerprint density at radius 3 is 2.55 bits per heavy atom. The van der Waals surface area contributed by atoms with E-state index in [1.54, 1.807) is 0 Å². The summed E-state index contributed by atoms with van der Waals surface area (Å²) in [5.41, 5.74) is 4.69. The molecule has 0 aliphatic carbocycles. The Morgan fingerprint density at radius 2 is 2.00 bits per heavy atom. The molecule has 1 amide bonds. The number of aromatic nitrogens is 2. The van der Waals surface area contributed by atoms with Crippen LogP contribution in [0.25, 0.3) is 0 Å². The van der Waals surface area contributed by atoms with E-state index in [2.05, 4.69) is 25.9 Å². The zero-order chi connectivity index (χ0) is 14.7. The predicted molar refractivity (Wildman–Crippen MR) is 71.4 cm³/mol. The van der Waals surface area contributed by atoms with Gasteiger partial charge in [-0.15, -0.1) is 0 Å². The molecular formula is C11H7BrN4O4. The lowest BCUT2D eigenvalue weighted by Gasteiger charge is -2.05. The molecule has 0 saturated heterocycles. The smallest absolute Gasteiger partial charge is 0.322 e. The minimum atomic E-state index is -0.764. The van der Waals surface area contributed by atoms with Gasteiger partial charge in [0.1, 0.15) is 0 Å². The van der Waals surface area contributed by atoms with E-state index in [-0.39, 0.29) is 17.3 Å². The standard InChI is InChI=1S/C11H7BrN4O4/c12-7-4-14-11(15-5-7)20-9-2-1-6(10(13)17)3-8(9)16(18)19/h1-5H,(H2,13,17). The number of primary amides is 1. The van der Waals surface area contributed by atoms with Crippen molar-refractivity contribution in [3.05, 3.63) is 50.7 Å². The van der Waals surface area contributed by atoms with Crippen LogP contribution >= 0.6 is 15.9 Å². The fraction of sp³-hybridized carbons (Fsp3) is 0. The third-order valence-electron chi connectivity index (χ3n) is 2.24. The van der Waals surface area contributed by atoms with Crippen LogP contribution in [0.2, 0.25) is 0 Å². The van der Waals surface area contributed by atoms with Gasteiger partial charge in [-0.3, -0.25) is 14.9 Å². The molecule has 0 bridgehead atoms. The van der Waals surface area contributed by atoms with Crippen LogP contribution in [-0.4, -0.2) is 20.8 Å². The summed E-state index contributed by atoms with van der Waals surface area (Å²) in [7, 11) is 0. The molecule has 0 saturated carbocycles. The van der Waals surface area contributed by atoms with Gasteiger partial charge in [0, 0.05) is 24.0 Å². The van der Waals surface area contributed by atoms with E-state index in [9.17, 15) is 14.9 Å².